The largest absolute Gasteiger partial charge is 0.324 e. The van der Waals surface area contributed by atoms with Crippen LogP contribution in [0.2, 0.25) is 0 Å². The second kappa shape index (κ2) is 6.47. The number of hydrogen-bond acceptors (Lipinski definition) is 1. The predicted octanol–water partition coefficient (Wildman–Crippen LogP) is 4.22. The van der Waals surface area contributed by atoms with E-state index in [1.54, 1.807) is 13.0 Å². The summed E-state index contributed by atoms with van der Waals surface area (Å²) in [6.45, 7) is 5.65. The first-order valence-corrected chi connectivity index (χ1v) is 6.41. The molecule has 0 unspecified atom stereocenters. The van der Waals surface area contributed by atoms with Gasteiger partial charge < -0.3 is 5.32 Å². The smallest absolute Gasteiger partial charge is 0.224 e. The van der Waals surface area contributed by atoms with Crippen molar-refractivity contribution in [2.45, 2.75) is 46.0 Å². The minimum absolute atomic E-state index is 0.0752. The highest BCUT2D eigenvalue weighted by molar-refractivity contribution is 5.90. The summed E-state index contributed by atoms with van der Waals surface area (Å²) in [6.07, 6.45) is 2.07. The molecular weight excluding hydrogens is 236 g/mol. The van der Waals surface area contributed by atoms with Crippen molar-refractivity contribution in [2.75, 3.05) is 5.32 Å². The van der Waals surface area contributed by atoms with Gasteiger partial charge in [0.2, 0.25) is 5.91 Å². The number of carbonyl (C=O) groups excluding carboxylic acids is 1. The lowest BCUT2D eigenvalue weighted by molar-refractivity contribution is -0.115. The fourth-order valence-electron chi connectivity index (χ4n) is 1.61. The fourth-order valence-corrected chi connectivity index (χ4v) is 1.61. The molecule has 1 aromatic rings. The molecular formula is C14H19F2NO. The van der Waals surface area contributed by atoms with E-state index in [2.05, 4.69) is 5.32 Å². The van der Waals surface area contributed by atoms with Crippen molar-refractivity contribution in [2.24, 2.45) is 0 Å². The van der Waals surface area contributed by atoms with Gasteiger partial charge in [-0.1, -0.05) is 26.8 Å². The summed E-state index contributed by atoms with van der Waals surface area (Å²) in [5.74, 6) is -1.94. The molecule has 0 heterocycles. The Morgan fingerprint density at radius 1 is 1.28 bits per heavy atom. The molecule has 100 valence electrons. The van der Waals surface area contributed by atoms with E-state index < -0.39 is 11.6 Å². The van der Waals surface area contributed by atoms with Gasteiger partial charge in [0.15, 0.2) is 11.6 Å². The number of hydrogen-bond donors (Lipinski definition) is 1. The second-order valence-corrected chi connectivity index (χ2v) is 4.01. The minimum Gasteiger partial charge on any atom is -0.324 e. The first-order valence-electron chi connectivity index (χ1n) is 6.41. The quantitative estimate of drug-likeness (QED) is 0.861. The standard InChI is InChI=1S/C12H13F2NO.C2H6/c1-2-10(16)15-9-6-5-8(7-3-4-7)11(13)12(9)14;1-2/h5-7H,2-4H2,1H3,(H,15,16);1-2H3. The average molecular weight is 255 g/mol. The van der Waals surface area contributed by atoms with E-state index in [4.69, 9.17) is 0 Å². The summed E-state index contributed by atoms with van der Waals surface area (Å²) >= 11 is 0. The lowest BCUT2D eigenvalue weighted by Gasteiger charge is -2.08. The van der Waals surface area contributed by atoms with Crippen LogP contribution in [0.5, 0.6) is 0 Å². The van der Waals surface area contributed by atoms with Gasteiger partial charge in [0.1, 0.15) is 0 Å². The minimum atomic E-state index is -0.953. The van der Waals surface area contributed by atoms with Gasteiger partial charge in [-0.3, -0.25) is 4.79 Å². The Bertz CT molecular complexity index is 428. The maximum atomic E-state index is 13.6. The second-order valence-electron chi connectivity index (χ2n) is 4.01. The molecule has 0 bridgehead atoms. The third kappa shape index (κ3) is 3.28. The Hall–Kier alpha value is -1.45. The number of amides is 1. The van der Waals surface area contributed by atoms with Gasteiger partial charge in [0.05, 0.1) is 5.69 Å². The van der Waals surface area contributed by atoms with Crippen molar-refractivity contribution in [1.82, 2.24) is 0 Å². The lowest BCUT2D eigenvalue weighted by Crippen LogP contribution is -2.12. The zero-order valence-electron chi connectivity index (χ0n) is 11.0. The summed E-state index contributed by atoms with van der Waals surface area (Å²) in [4.78, 5) is 11.1. The van der Waals surface area contributed by atoms with Gasteiger partial charge in [0, 0.05) is 6.42 Å². The number of rotatable bonds is 3. The molecule has 0 aromatic heterocycles. The summed E-state index contributed by atoms with van der Waals surface area (Å²) in [5.41, 5.74) is 0.348. The molecule has 1 fully saturated rings. The molecule has 1 N–H and O–H groups in total. The van der Waals surface area contributed by atoms with Crippen LogP contribution < -0.4 is 5.32 Å². The van der Waals surface area contributed by atoms with Gasteiger partial charge >= 0.3 is 0 Å². The maximum Gasteiger partial charge on any atom is 0.224 e. The molecule has 1 saturated carbocycles. The average Bonchev–Trinajstić information content (AvgIpc) is 3.22. The van der Waals surface area contributed by atoms with Gasteiger partial charge in [-0.2, -0.15) is 0 Å². The van der Waals surface area contributed by atoms with Gasteiger partial charge in [-0.25, -0.2) is 8.78 Å². The Morgan fingerprint density at radius 3 is 2.39 bits per heavy atom. The Labute approximate surface area is 106 Å². The molecule has 1 aliphatic rings. The van der Waals surface area contributed by atoms with Gasteiger partial charge in [-0.15, -0.1) is 0 Å². The first kappa shape index (κ1) is 14.6. The molecule has 18 heavy (non-hydrogen) atoms. The van der Waals surface area contributed by atoms with Gasteiger partial charge in [0.25, 0.3) is 0 Å². The highest BCUT2D eigenvalue weighted by Gasteiger charge is 2.28. The number of anilines is 1. The number of benzene rings is 1. The van der Waals surface area contributed by atoms with Crippen LogP contribution in [0.3, 0.4) is 0 Å². The van der Waals surface area contributed by atoms with Crippen LogP contribution in [-0.4, -0.2) is 5.91 Å². The van der Waals surface area contributed by atoms with Crippen molar-refractivity contribution in [3.05, 3.63) is 29.3 Å². The predicted molar refractivity (Wildman–Crippen MR) is 68.6 cm³/mol. The molecule has 2 rings (SSSR count). The summed E-state index contributed by atoms with van der Waals surface area (Å²) in [5, 5.41) is 2.33. The number of nitrogens with one attached hydrogen (secondary N) is 1. The summed E-state index contributed by atoms with van der Waals surface area (Å²) in [6, 6.07) is 2.99. The molecule has 4 heteroatoms. The third-order valence-corrected chi connectivity index (χ3v) is 2.72. The van der Waals surface area contributed by atoms with E-state index in [1.807, 2.05) is 13.8 Å². The monoisotopic (exact) mass is 255 g/mol. The normalized spacial score (nSPS) is 13.6. The van der Waals surface area contributed by atoms with E-state index in [-0.39, 0.29) is 23.9 Å². The number of carbonyl (C=O) groups is 1. The van der Waals surface area contributed by atoms with Crippen molar-refractivity contribution in [1.29, 1.82) is 0 Å². The SMILES string of the molecule is CC.CCC(=O)Nc1ccc(C2CC2)c(F)c1F. The van der Waals surface area contributed by atoms with Crippen molar-refractivity contribution < 1.29 is 13.6 Å². The van der Waals surface area contributed by atoms with E-state index in [9.17, 15) is 13.6 Å². The zero-order valence-corrected chi connectivity index (χ0v) is 11.0. The van der Waals surface area contributed by atoms with Crippen LogP contribution in [0.15, 0.2) is 12.1 Å². The number of halogens is 2. The third-order valence-electron chi connectivity index (χ3n) is 2.72. The van der Waals surface area contributed by atoms with Crippen molar-refractivity contribution >= 4 is 11.6 Å². The van der Waals surface area contributed by atoms with E-state index in [0.29, 0.717) is 5.56 Å². The molecule has 0 saturated heterocycles. The highest BCUT2D eigenvalue weighted by Crippen LogP contribution is 2.42. The van der Waals surface area contributed by atoms with Crippen LogP contribution in [0, 0.1) is 11.6 Å². The van der Waals surface area contributed by atoms with Crippen molar-refractivity contribution in [3.8, 4) is 0 Å². The van der Waals surface area contributed by atoms with Crippen LogP contribution in [0.25, 0.3) is 0 Å². The van der Waals surface area contributed by atoms with Crippen LogP contribution in [0.1, 0.15) is 51.5 Å². The van der Waals surface area contributed by atoms with Crippen molar-refractivity contribution in [3.63, 3.8) is 0 Å². The molecule has 1 aliphatic carbocycles. The van der Waals surface area contributed by atoms with E-state index >= 15 is 0 Å². The molecule has 1 amide bonds. The lowest BCUT2D eigenvalue weighted by atomic mass is 10.1. The van der Waals surface area contributed by atoms with E-state index in [1.165, 1.54) is 6.07 Å². The molecule has 2 nitrogen and oxygen atoms in total. The fraction of sp³-hybridized carbons (Fsp3) is 0.500. The Balaban J connectivity index is 0.000000771. The van der Waals surface area contributed by atoms with Crippen LogP contribution >= 0.6 is 0 Å². The molecule has 1 aromatic carbocycles. The maximum absolute atomic E-state index is 13.6. The topological polar surface area (TPSA) is 29.1 Å². The van der Waals surface area contributed by atoms with Crippen LogP contribution in [-0.2, 0) is 4.79 Å². The molecule has 0 aliphatic heterocycles. The molecule has 0 spiro atoms. The van der Waals surface area contributed by atoms with Gasteiger partial charge in [-0.05, 0) is 30.4 Å². The first-order chi connectivity index (χ1) is 8.63. The molecule has 0 radical (unpaired) electrons. The summed E-state index contributed by atoms with van der Waals surface area (Å²) < 4.78 is 27.1. The molecule has 0 atom stereocenters. The Morgan fingerprint density at radius 2 is 1.89 bits per heavy atom. The summed E-state index contributed by atoms with van der Waals surface area (Å²) in [7, 11) is 0. The highest BCUT2D eigenvalue weighted by atomic mass is 19.2. The zero-order chi connectivity index (χ0) is 13.7. The van der Waals surface area contributed by atoms with E-state index in [0.717, 1.165) is 12.8 Å². The Kier molecular flexibility index (Phi) is 5.25. The van der Waals surface area contributed by atoms with Crippen LogP contribution in [0.4, 0.5) is 14.5 Å².